The number of carbonyl (C=O) groups excluding carboxylic acids is 2. The molecule has 1 aromatic carbocycles. The number of ether oxygens (including phenoxy) is 4. The van der Waals surface area contributed by atoms with E-state index < -0.39 is 18.5 Å². The fraction of sp³-hybridized carbons (Fsp3) is 0.333. The maximum absolute atomic E-state index is 12.7. The van der Waals surface area contributed by atoms with Gasteiger partial charge in [-0.05, 0) is 24.1 Å². The van der Waals surface area contributed by atoms with E-state index in [1.54, 1.807) is 35.1 Å². The van der Waals surface area contributed by atoms with E-state index in [0.717, 1.165) is 0 Å². The molecule has 2 heterocycles. The highest BCUT2D eigenvalue weighted by atomic mass is 16.5. The van der Waals surface area contributed by atoms with E-state index in [4.69, 9.17) is 18.9 Å². The summed E-state index contributed by atoms with van der Waals surface area (Å²) >= 11 is 0. The molecule has 0 fully saturated rings. The van der Waals surface area contributed by atoms with Crippen LogP contribution in [0.2, 0.25) is 0 Å². The van der Waals surface area contributed by atoms with Crippen molar-refractivity contribution in [2.24, 2.45) is 0 Å². The summed E-state index contributed by atoms with van der Waals surface area (Å²) in [5, 5.41) is 7.01. The molecule has 0 saturated carbocycles. The van der Waals surface area contributed by atoms with Crippen molar-refractivity contribution in [3.05, 3.63) is 59.5 Å². The van der Waals surface area contributed by atoms with Crippen LogP contribution >= 0.6 is 0 Å². The zero-order valence-electron chi connectivity index (χ0n) is 19.8. The summed E-state index contributed by atoms with van der Waals surface area (Å²) in [6, 6.07) is 8.82. The van der Waals surface area contributed by atoms with Crippen molar-refractivity contribution in [3.8, 4) is 23.1 Å². The second kappa shape index (κ2) is 11.2. The lowest BCUT2D eigenvalue weighted by Crippen LogP contribution is -2.28. The monoisotopic (exact) mass is 468 g/mol. The fourth-order valence-electron chi connectivity index (χ4n) is 3.42. The van der Waals surface area contributed by atoms with Crippen molar-refractivity contribution in [1.82, 2.24) is 20.1 Å². The van der Waals surface area contributed by atoms with Gasteiger partial charge in [-0.3, -0.25) is 4.79 Å². The summed E-state index contributed by atoms with van der Waals surface area (Å²) in [6.45, 7) is 3.59. The van der Waals surface area contributed by atoms with Gasteiger partial charge in [-0.25, -0.2) is 14.5 Å². The molecule has 34 heavy (non-hydrogen) atoms. The maximum atomic E-state index is 12.7. The molecule has 10 nitrogen and oxygen atoms in total. The van der Waals surface area contributed by atoms with Gasteiger partial charge in [-0.1, -0.05) is 19.9 Å². The normalized spacial score (nSPS) is 10.6. The molecule has 3 rings (SSSR count). The molecular formula is C24H28N4O6. The Bertz CT molecular complexity index is 1140. The summed E-state index contributed by atoms with van der Waals surface area (Å²) in [7, 11) is 4.57. The number of pyridine rings is 1. The second-order valence-corrected chi connectivity index (χ2v) is 7.57. The van der Waals surface area contributed by atoms with Crippen LogP contribution in [0.3, 0.4) is 0 Å². The Morgan fingerprint density at radius 1 is 1.03 bits per heavy atom. The van der Waals surface area contributed by atoms with Gasteiger partial charge >= 0.3 is 5.97 Å². The highest BCUT2D eigenvalue weighted by molar-refractivity contribution is 5.92. The standard InChI is InChI=1S/C24H28N4O6/c1-15(2)23-17(13-27-28(23)21-8-6-7-9-25-21)24(30)34-14-22(29)26-12-16-10-19(32-4)20(33-5)11-18(16)31-3/h6-11,13,15H,12,14H2,1-5H3,(H,26,29). The zero-order chi connectivity index (χ0) is 24.7. The minimum Gasteiger partial charge on any atom is -0.496 e. The third-order valence-electron chi connectivity index (χ3n) is 5.04. The Morgan fingerprint density at radius 3 is 2.35 bits per heavy atom. The van der Waals surface area contributed by atoms with Crippen molar-refractivity contribution in [3.63, 3.8) is 0 Å². The molecule has 0 saturated heterocycles. The highest BCUT2D eigenvalue weighted by Gasteiger charge is 2.23. The quantitative estimate of drug-likeness (QED) is 0.452. The molecule has 0 aliphatic carbocycles. The van der Waals surface area contributed by atoms with Gasteiger partial charge in [-0.15, -0.1) is 0 Å². The largest absolute Gasteiger partial charge is 0.496 e. The van der Waals surface area contributed by atoms with Gasteiger partial charge in [-0.2, -0.15) is 5.10 Å². The molecule has 0 aliphatic rings. The van der Waals surface area contributed by atoms with Crippen molar-refractivity contribution in [2.45, 2.75) is 26.3 Å². The summed E-state index contributed by atoms with van der Waals surface area (Å²) in [5.41, 5.74) is 1.62. The Morgan fingerprint density at radius 2 is 1.74 bits per heavy atom. The van der Waals surface area contributed by atoms with E-state index in [1.807, 2.05) is 19.9 Å². The number of aromatic nitrogens is 3. The summed E-state index contributed by atoms with van der Waals surface area (Å²) in [5.74, 6) is 1.00. The van der Waals surface area contributed by atoms with E-state index in [1.165, 1.54) is 27.5 Å². The van der Waals surface area contributed by atoms with Crippen LogP contribution < -0.4 is 19.5 Å². The van der Waals surface area contributed by atoms with Crippen LogP contribution in [-0.4, -0.2) is 54.6 Å². The van der Waals surface area contributed by atoms with Gasteiger partial charge in [0.2, 0.25) is 0 Å². The predicted octanol–water partition coefficient (Wildman–Crippen LogP) is 2.89. The summed E-state index contributed by atoms with van der Waals surface area (Å²) in [4.78, 5) is 29.4. The number of methoxy groups -OCH3 is 3. The van der Waals surface area contributed by atoms with Gasteiger partial charge in [0.25, 0.3) is 5.91 Å². The summed E-state index contributed by atoms with van der Waals surface area (Å²) < 4.78 is 22.8. The van der Waals surface area contributed by atoms with Crippen LogP contribution in [0.25, 0.3) is 5.82 Å². The molecule has 0 bridgehead atoms. The van der Waals surface area contributed by atoms with E-state index in [0.29, 0.717) is 34.3 Å². The third kappa shape index (κ3) is 5.45. The molecule has 3 aromatic rings. The first-order chi connectivity index (χ1) is 16.4. The van der Waals surface area contributed by atoms with E-state index in [-0.39, 0.29) is 18.0 Å². The number of hydrogen-bond donors (Lipinski definition) is 1. The molecule has 180 valence electrons. The van der Waals surface area contributed by atoms with Gasteiger partial charge in [0.15, 0.2) is 23.9 Å². The Balaban J connectivity index is 1.65. The lowest BCUT2D eigenvalue weighted by atomic mass is 10.1. The van der Waals surface area contributed by atoms with Crippen LogP contribution in [0.4, 0.5) is 0 Å². The maximum Gasteiger partial charge on any atom is 0.342 e. The number of carbonyl (C=O) groups is 2. The molecule has 1 N–H and O–H groups in total. The number of hydrogen-bond acceptors (Lipinski definition) is 8. The molecule has 1 amide bonds. The molecule has 0 radical (unpaired) electrons. The first kappa shape index (κ1) is 24.6. The van der Waals surface area contributed by atoms with Crippen LogP contribution in [0, 0.1) is 0 Å². The second-order valence-electron chi connectivity index (χ2n) is 7.57. The number of nitrogens with one attached hydrogen (secondary N) is 1. The van der Waals surface area contributed by atoms with Crippen molar-refractivity contribution in [1.29, 1.82) is 0 Å². The Kier molecular flexibility index (Phi) is 8.07. The van der Waals surface area contributed by atoms with Crippen molar-refractivity contribution in [2.75, 3.05) is 27.9 Å². The molecule has 10 heteroatoms. The smallest absolute Gasteiger partial charge is 0.342 e. The van der Waals surface area contributed by atoms with E-state index in [9.17, 15) is 9.59 Å². The number of nitrogens with zero attached hydrogens (tertiary/aromatic N) is 3. The lowest BCUT2D eigenvalue weighted by molar-refractivity contribution is -0.124. The van der Waals surface area contributed by atoms with E-state index in [2.05, 4.69) is 15.4 Å². The molecule has 0 aliphatic heterocycles. The average Bonchev–Trinajstić information content (AvgIpc) is 3.31. The lowest BCUT2D eigenvalue weighted by Gasteiger charge is -2.15. The fourth-order valence-corrected chi connectivity index (χ4v) is 3.42. The summed E-state index contributed by atoms with van der Waals surface area (Å²) in [6.07, 6.45) is 3.08. The number of esters is 1. The Labute approximate surface area is 197 Å². The molecule has 0 atom stereocenters. The highest BCUT2D eigenvalue weighted by Crippen LogP contribution is 2.34. The van der Waals surface area contributed by atoms with Crippen LogP contribution in [0.15, 0.2) is 42.7 Å². The van der Waals surface area contributed by atoms with Crippen molar-refractivity contribution < 1.29 is 28.5 Å². The van der Waals surface area contributed by atoms with Gasteiger partial charge in [0.05, 0.1) is 33.2 Å². The van der Waals surface area contributed by atoms with Crippen LogP contribution in [-0.2, 0) is 16.1 Å². The van der Waals surface area contributed by atoms with Gasteiger partial charge in [0.1, 0.15) is 11.3 Å². The van der Waals surface area contributed by atoms with Crippen LogP contribution in [0.1, 0.15) is 41.4 Å². The molecule has 2 aromatic heterocycles. The predicted molar refractivity (Wildman–Crippen MR) is 124 cm³/mol. The number of rotatable bonds is 10. The zero-order valence-corrected chi connectivity index (χ0v) is 19.8. The SMILES string of the molecule is COc1cc(OC)c(OC)cc1CNC(=O)COC(=O)c1cnn(-c2ccccn2)c1C(C)C. The minimum absolute atomic E-state index is 0.0293. The minimum atomic E-state index is -0.635. The third-order valence-corrected chi connectivity index (χ3v) is 5.04. The van der Waals surface area contributed by atoms with Crippen molar-refractivity contribution >= 4 is 11.9 Å². The number of amides is 1. The first-order valence-corrected chi connectivity index (χ1v) is 10.6. The molecular weight excluding hydrogens is 440 g/mol. The molecule has 0 spiro atoms. The van der Waals surface area contributed by atoms with Gasteiger partial charge < -0.3 is 24.3 Å². The molecule has 0 unspecified atom stereocenters. The van der Waals surface area contributed by atoms with Crippen LogP contribution in [0.5, 0.6) is 17.2 Å². The van der Waals surface area contributed by atoms with Gasteiger partial charge in [0, 0.05) is 24.4 Å². The topological polar surface area (TPSA) is 114 Å². The average molecular weight is 469 g/mol. The first-order valence-electron chi connectivity index (χ1n) is 10.6. The van der Waals surface area contributed by atoms with E-state index >= 15 is 0 Å². The Hall–Kier alpha value is -4.08. The number of benzene rings is 1.